The second kappa shape index (κ2) is 8.52. The molecule has 3 rings (SSSR count). The molecule has 2 aromatic carbocycles. The van der Waals surface area contributed by atoms with Crippen LogP contribution in [0.2, 0.25) is 0 Å². The highest BCUT2D eigenvalue weighted by molar-refractivity contribution is 14.1. The number of nitrogens with zero attached hydrogens (tertiary/aromatic N) is 1. The van der Waals surface area contributed by atoms with Crippen molar-refractivity contribution in [3.05, 3.63) is 73.7 Å². The minimum absolute atomic E-state index is 0.241. The first-order chi connectivity index (χ1) is 13.4. The van der Waals surface area contributed by atoms with E-state index in [1.165, 1.54) is 13.2 Å². The average Bonchev–Trinajstić information content (AvgIpc) is 3.02. The van der Waals surface area contributed by atoms with Crippen molar-refractivity contribution in [1.82, 2.24) is 9.55 Å². The van der Waals surface area contributed by atoms with E-state index >= 15 is 0 Å². The van der Waals surface area contributed by atoms with Gasteiger partial charge in [0.1, 0.15) is 0 Å². The number of rotatable bonds is 5. The van der Waals surface area contributed by atoms with Crippen molar-refractivity contribution >= 4 is 40.8 Å². The summed E-state index contributed by atoms with van der Waals surface area (Å²) in [5.41, 5.74) is 2.04. The molecule has 0 fully saturated rings. The molecule has 0 aliphatic carbocycles. The number of halogens is 3. The van der Waals surface area contributed by atoms with Crippen LogP contribution in [-0.2, 0) is 4.74 Å². The first-order valence-electron chi connectivity index (χ1n) is 8.51. The van der Waals surface area contributed by atoms with Gasteiger partial charge < -0.3 is 14.3 Å². The predicted molar refractivity (Wildman–Crippen MR) is 114 cm³/mol. The van der Waals surface area contributed by atoms with E-state index in [2.05, 4.69) is 27.6 Å². The minimum atomic E-state index is -0.949. The van der Waals surface area contributed by atoms with Gasteiger partial charge in [-0.2, -0.15) is 0 Å². The third-order valence-corrected chi connectivity index (χ3v) is 5.48. The van der Waals surface area contributed by atoms with Crippen molar-refractivity contribution in [2.24, 2.45) is 0 Å². The van der Waals surface area contributed by atoms with Gasteiger partial charge in [0.15, 0.2) is 22.1 Å². The number of aromatic nitrogens is 2. The zero-order chi connectivity index (χ0) is 20.4. The number of methoxy groups -OCH3 is 1. The molecular weight excluding hydrogens is 497 g/mol. The summed E-state index contributed by atoms with van der Waals surface area (Å²) in [7, 11) is 1.29. The van der Waals surface area contributed by atoms with E-state index < -0.39 is 23.6 Å². The van der Waals surface area contributed by atoms with Crippen LogP contribution in [-0.4, -0.2) is 22.6 Å². The van der Waals surface area contributed by atoms with Crippen LogP contribution in [0, 0.1) is 20.0 Å². The molecule has 0 aliphatic heterocycles. The number of benzene rings is 2. The topological polar surface area (TPSA) is 47.0 Å². The fourth-order valence-electron chi connectivity index (χ4n) is 3.16. The van der Waals surface area contributed by atoms with E-state index in [0.717, 1.165) is 21.3 Å². The Kier molecular flexibility index (Phi) is 6.29. The van der Waals surface area contributed by atoms with Gasteiger partial charge in [-0.1, -0.05) is 25.1 Å². The second-order valence-electron chi connectivity index (χ2n) is 6.12. The van der Waals surface area contributed by atoms with Gasteiger partial charge in [-0.05, 0) is 71.1 Å². The number of ether oxygens (including phenoxy) is 1. The molecule has 146 valence electrons. The lowest BCUT2D eigenvalue weighted by atomic mass is 10.0. The Hall–Kier alpha value is -2.07. The molecule has 1 heterocycles. The lowest BCUT2D eigenvalue weighted by molar-refractivity contribution is 0.0587. The molecule has 8 heteroatoms. The molecule has 3 aromatic rings. The number of nitrogens with one attached hydrogen (secondary N) is 1. The highest BCUT2D eigenvalue weighted by Crippen LogP contribution is 2.31. The number of carbonyl (C=O) groups is 1. The third kappa shape index (κ3) is 3.88. The summed E-state index contributed by atoms with van der Waals surface area (Å²) >= 11 is 7.68. The lowest BCUT2D eigenvalue weighted by Crippen LogP contribution is -2.18. The first kappa shape index (κ1) is 20.7. The summed E-state index contributed by atoms with van der Waals surface area (Å²) in [6, 6.07) is 10.8. The Morgan fingerprint density at radius 1 is 1.21 bits per heavy atom. The zero-order valence-corrected chi connectivity index (χ0v) is 18.1. The SMILES string of the molecule is CCC(c1ccc(F)c(F)c1)n1c(C(=O)OC)c(-c2ccc(I)cc2)[nH]c1=S. The van der Waals surface area contributed by atoms with E-state index in [0.29, 0.717) is 22.4 Å². The quantitative estimate of drug-likeness (QED) is 0.263. The monoisotopic (exact) mass is 514 g/mol. The smallest absolute Gasteiger partial charge is 0.356 e. The summed E-state index contributed by atoms with van der Waals surface area (Å²) in [4.78, 5) is 15.7. The summed E-state index contributed by atoms with van der Waals surface area (Å²) in [6.45, 7) is 1.88. The number of hydrogen-bond donors (Lipinski definition) is 1. The molecule has 0 saturated heterocycles. The molecular formula is C20H17F2IN2O2S. The summed E-state index contributed by atoms with van der Waals surface area (Å²) in [6.07, 6.45) is 0.507. The van der Waals surface area contributed by atoms with Crippen LogP contribution in [0.5, 0.6) is 0 Å². The number of aromatic amines is 1. The van der Waals surface area contributed by atoms with E-state index in [1.54, 1.807) is 4.57 Å². The van der Waals surface area contributed by atoms with Gasteiger partial charge in [-0.15, -0.1) is 0 Å². The molecule has 0 radical (unpaired) electrons. The van der Waals surface area contributed by atoms with E-state index in [-0.39, 0.29) is 5.69 Å². The van der Waals surface area contributed by atoms with Crippen molar-refractivity contribution in [3.63, 3.8) is 0 Å². The molecule has 1 atom stereocenters. The summed E-state index contributed by atoms with van der Waals surface area (Å²) in [5.74, 6) is -2.44. The molecule has 0 spiro atoms. The Balaban J connectivity index is 2.24. The van der Waals surface area contributed by atoms with Crippen molar-refractivity contribution in [1.29, 1.82) is 0 Å². The standard InChI is InChI=1S/C20H17F2IN2O2S/c1-3-16(12-6-9-14(21)15(22)10-12)25-18(19(26)27-2)17(24-20(25)28)11-4-7-13(23)8-5-11/h4-10,16H,3H2,1-2H3,(H,24,28). The maximum atomic E-state index is 13.8. The molecule has 1 unspecified atom stereocenters. The Morgan fingerprint density at radius 2 is 1.89 bits per heavy atom. The van der Waals surface area contributed by atoms with Crippen molar-refractivity contribution in [3.8, 4) is 11.3 Å². The van der Waals surface area contributed by atoms with Crippen LogP contribution < -0.4 is 0 Å². The van der Waals surface area contributed by atoms with Crippen LogP contribution in [0.3, 0.4) is 0 Å². The normalized spacial score (nSPS) is 12.0. The highest BCUT2D eigenvalue weighted by atomic mass is 127. The van der Waals surface area contributed by atoms with Gasteiger partial charge in [0.25, 0.3) is 0 Å². The number of hydrogen-bond acceptors (Lipinski definition) is 3. The fraction of sp³-hybridized carbons (Fsp3) is 0.200. The largest absolute Gasteiger partial charge is 0.464 e. The van der Waals surface area contributed by atoms with Crippen LogP contribution >= 0.6 is 34.8 Å². The van der Waals surface area contributed by atoms with Gasteiger partial charge >= 0.3 is 5.97 Å². The zero-order valence-electron chi connectivity index (χ0n) is 15.1. The van der Waals surface area contributed by atoms with Gasteiger partial charge in [0.2, 0.25) is 0 Å². The van der Waals surface area contributed by atoms with E-state index in [4.69, 9.17) is 17.0 Å². The molecule has 1 aromatic heterocycles. The maximum Gasteiger partial charge on any atom is 0.356 e. The van der Waals surface area contributed by atoms with Crippen molar-refractivity contribution in [2.75, 3.05) is 7.11 Å². The molecule has 28 heavy (non-hydrogen) atoms. The van der Waals surface area contributed by atoms with Crippen molar-refractivity contribution < 1.29 is 18.3 Å². The molecule has 1 N–H and O–H groups in total. The number of imidazole rings is 1. The number of carbonyl (C=O) groups excluding carboxylic acids is 1. The molecule has 0 saturated carbocycles. The van der Waals surface area contributed by atoms with Gasteiger partial charge in [-0.3, -0.25) is 0 Å². The van der Waals surface area contributed by atoms with Crippen LogP contribution in [0.25, 0.3) is 11.3 Å². The summed E-state index contributed by atoms with van der Waals surface area (Å²) in [5, 5.41) is 0. The molecule has 0 bridgehead atoms. The molecule has 4 nitrogen and oxygen atoms in total. The van der Waals surface area contributed by atoms with E-state index in [9.17, 15) is 13.6 Å². The van der Waals surface area contributed by atoms with Gasteiger partial charge in [0.05, 0.1) is 18.8 Å². The third-order valence-electron chi connectivity index (χ3n) is 4.47. The van der Waals surface area contributed by atoms with Gasteiger partial charge in [0, 0.05) is 9.13 Å². The minimum Gasteiger partial charge on any atom is -0.464 e. The van der Waals surface area contributed by atoms with E-state index in [1.807, 2.05) is 31.2 Å². The van der Waals surface area contributed by atoms with Crippen molar-refractivity contribution in [2.45, 2.75) is 19.4 Å². The Morgan fingerprint density at radius 3 is 2.46 bits per heavy atom. The maximum absolute atomic E-state index is 13.8. The Bertz CT molecular complexity index is 1080. The number of H-pyrrole nitrogens is 1. The van der Waals surface area contributed by atoms with Crippen LogP contribution in [0.1, 0.15) is 35.4 Å². The van der Waals surface area contributed by atoms with Crippen LogP contribution in [0.15, 0.2) is 42.5 Å². The molecule has 0 aliphatic rings. The lowest BCUT2D eigenvalue weighted by Gasteiger charge is -2.20. The summed E-state index contributed by atoms with van der Waals surface area (Å²) < 4.78 is 35.1. The fourth-order valence-corrected chi connectivity index (χ4v) is 3.84. The second-order valence-corrected chi connectivity index (χ2v) is 7.75. The van der Waals surface area contributed by atoms with Crippen LogP contribution in [0.4, 0.5) is 8.78 Å². The average molecular weight is 514 g/mol. The highest BCUT2D eigenvalue weighted by Gasteiger charge is 2.26. The Labute approximate surface area is 179 Å². The predicted octanol–water partition coefficient (Wildman–Crippen LogP) is 5.88. The number of esters is 1. The first-order valence-corrected chi connectivity index (χ1v) is 9.99. The molecule has 0 amide bonds. The van der Waals surface area contributed by atoms with Gasteiger partial charge in [-0.25, -0.2) is 13.6 Å².